The maximum Gasteiger partial charge on any atom is 0.276 e. The molecule has 0 saturated carbocycles. The Labute approximate surface area is 117 Å². The first kappa shape index (κ1) is 14.0. The summed E-state index contributed by atoms with van der Waals surface area (Å²) in [5.74, 6) is 0.0498. The summed E-state index contributed by atoms with van der Waals surface area (Å²) in [7, 11) is 0. The molecule has 0 aliphatic carbocycles. The zero-order valence-corrected chi connectivity index (χ0v) is 11.9. The predicted octanol–water partition coefficient (Wildman–Crippen LogP) is 2.76. The van der Waals surface area contributed by atoms with Gasteiger partial charge in [-0.2, -0.15) is 0 Å². The molecule has 2 heterocycles. The Morgan fingerprint density at radius 2 is 2.15 bits per heavy atom. The Hall–Kier alpha value is -2.37. The first-order valence-corrected chi connectivity index (χ1v) is 6.56. The molecule has 0 radical (unpaired) electrons. The van der Waals surface area contributed by atoms with Gasteiger partial charge in [-0.15, -0.1) is 0 Å². The number of carbonyl (C=O) groups is 1. The summed E-state index contributed by atoms with van der Waals surface area (Å²) in [6.07, 6.45) is 2.68. The number of nitrogens with zero attached hydrogens (tertiary/aromatic N) is 2. The molecule has 2 N–H and O–H groups in total. The van der Waals surface area contributed by atoms with Crippen molar-refractivity contribution in [1.82, 2.24) is 10.1 Å². The number of nitrogens with one attached hydrogen (secondary N) is 2. The van der Waals surface area contributed by atoms with Gasteiger partial charge in [0.1, 0.15) is 5.69 Å². The second kappa shape index (κ2) is 6.18. The Morgan fingerprint density at radius 1 is 1.35 bits per heavy atom. The molecule has 0 saturated heterocycles. The molecule has 2 rings (SSSR count). The molecule has 0 spiro atoms. The molecule has 1 amide bonds. The van der Waals surface area contributed by atoms with Crippen molar-refractivity contribution in [3.05, 3.63) is 35.3 Å². The summed E-state index contributed by atoms with van der Waals surface area (Å²) in [6.45, 7) is 6.63. The van der Waals surface area contributed by atoms with E-state index in [0.717, 1.165) is 29.9 Å². The normalized spacial score (nSPS) is 10.3. The van der Waals surface area contributed by atoms with Gasteiger partial charge in [0, 0.05) is 12.1 Å². The third kappa shape index (κ3) is 3.14. The number of amides is 1. The number of rotatable bonds is 5. The second-order valence-corrected chi connectivity index (χ2v) is 4.54. The highest BCUT2D eigenvalue weighted by molar-refractivity contribution is 6.02. The minimum atomic E-state index is -0.314. The first-order chi connectivity index (χ1) is 9.61. The fourth-order valence-electron chi connectivity index (χ4n) is 1.60. The smallest absolute Gasteiger partial charge is 0.276 e. The number of hydrogen-bond acceptors (Lipinski definition) is 5. The number of hydrogen-bond donors (Lipinski definition) is 2. The molecule has 0 aliphatic rings. The van der Waals surface area contributed by atoms with Crippen LogP contribution in [0.1, 0.15) is 35.1 Å². The van der Waals surface area contributed by atoms with Gasteiger partial charge in [0.2, 0.25) is 5.88 Å². The third-order valence-electron chi connectivity index (χ3n) is 2.96. The predicted molar refractivity (Wildman–Crippen MR) is 76.9 cm³/mol. The summed E-state index contributed by atoms with van der Waals surface area (Å²) in [5.41, 5.74) is 2.81. The quantitative estimate of drug-likeness (QED) is 0.876. The number of pyridine rings is 1. The Bertz CT molecular complexity index is 590. The zero-order valence-electron chi connectivity index (χ0n) is 11.9. The lowest BCUT2D eigenvalue weighted by atomic mass is 10.2. The van der Waals surface area contributed by atoms with E-state index in [2.05, 4.69) is 27.7 Å². The van der Waals surface area contributed by atoms with Crippen LogP contribution in [0.4, 0.5) is 11.6 Å². The number of carbonyl (C=O) groups excluding carboxylic acids is 1. The fourth-order valence-corrected chi connectivity index (χ4v) is 1.60. The third-order valence-corrected chi connectivity index (χ3v) is 2.96. The van der Waals surface area contributed by atoms with Crippen molar-refractivity contribution in [2.24, 2.45) is 0 Å². The average molecular weight is 274 g/mol. The van der Waals surface area contributed by atoms with Gasteiger partial charge < -0.3 is 9.84 Å². The van der Waals surface area contributed by atoms with Gasteiger partial charge in [-0.25, -0.2) is 4.98 Å². The van der Waals surface area contributed by atoms with Gasteiger partial charge in [0.25, 0.3) is 5.91 Å². The molecule has 0 aliphatic heterocycles. The Balaban J connectivity index is 2.04. The van der Waals surface area contributed by atoms with Gasteiger partial charge >= 0.3 is 0 Å². The van der Waals surface area contributed by atoms with Crippen molar-refractivity contribution in [2.45, 2.75) is 27.2 Å². The van der Waals surface area contributed by atoms with Gasteiger partial charge in [0.15, 0.2) is 0 Å². The van der Waals surface area contributed by atoms with Crippen molar-refractivity contribution in [2.75, 3.05) is 17.2 Å². The molecule has 2 aromatic heterocycles. The van der Waals surface area contributed by atoms with E-state index in [9.17, 15) is 4.79 Å². The van der Waals surface area contributed by atoms with Crippen LogP contribution in [0.2, 0.25) is 0 Å². The van der Waals surface area contributed by atoms with Crippen LogP contribution < -0.4 is 10.6 Å². The first-order valence-electron chi connectivity index (χ1n) is 6.56. The largest absolute Gasteiger partial charge is 0.384 e. The minimum Gasteiger partial charge on any atom is -0.384 e. The van der Waals surface area contributed by atoms with Crippen LogP contribution >= 0.6 is 0 Å². The van der Waals surface area contributed by atoms with Crippen molar-refractivity contribution in [3.63, 3.8) is 0 Å². The molecular weight excluding hydrogens is 256 g/mol. The van der Waals surface area contributed by atoms with Gasteiger partial charge in [-0.1, -0.05) is 12.1 Å². The van der Waals surface area contributed by atoms with E-state index in [0.29, 0.717) is 11.6 Å². The molecule has 106 valence electrons. The van der Waals surface area contributed by atoms with E-state index in [1.165, 1.54) is 0 Å². The van der Waals surface area contributed by atoms with Crippen LogP contribution in [-0.4, -0.2) is 22.6 Å². The molecule has 6 nitrogen and oxygen atoms in total. The lowest BCUT2D eigenvalue weighted by Crippen LogP contribution is -2.14. The maximum absolute atomic E-state index is 12.0. The van der Waals surface area contributed by atoms with Crippen LogP contribution in [0, 0.1) is 13.8 Å². The number of anilines is 2. The van der Waals surface area contributed by atoms with E-state index in [-0.39, 0.29) is 5.91 Å². The average Bonchev–Trinajstić information content (AvgIpc) is 2.77. The Morgan fingerprint density at radius 3 is 2.70 bits per heavy atom. The molecule has 0 atom stereocenters. The zero-order chi connectivity index (χ0) is 14.5. The lowest BCUT2D eigenvalue weighted by Gasteiger charge is -2.05. The van der Waals surface area contributed by atoms with Gasteiger partial charge in [-0.05, 0) is 32.4 Å². The van der Waals surface area contributed by atoms with E-state index in [4.69, 9.17) is 4.52 Å². The van der Waals surface area contributed by atoms with Gasteiger partial charge in [-0.3, -0.25) is 10.1 Å². The molecule has 6 heteroatoms. The maximum atomic E-state index is 12.0. The van der Waals surface area contributed by atoms with Gasteiger partial charge in [0.05, 0.1) is 17.6 Å². The highest BCUT2D eigenvalue weighted by Crippen LogP contribution is 2.18. The SMILES string of the molecule is CCCNc1ccc(C(=O)Nc2onc(C)c2C)nc1. The molecule has 0 unspecified atom stereocenters. The fraction of sp³-hybridized carbons (Fsp3) is 0.357. The standard InChI is InChI=1S/C14H18N4O2/c1-4-7-15-11-5-6-12(16-8-11)13(19)17-14-9(2)10(3)18-20-14/h5-6,8,15H,4,7H2,1-3H3,(H,17,19). The lowest BCUT2D eigenvalue weighted by molar-refractivity contribution is 0.101. The summed E-state index contributed by atoms with van der Waals surface area (Å²) in [5, 5.41) is 9.65. The summed E-state index contributed by atoms with van der Waals surface area (Å²) < 4.78 is 5.04. The minimum absolute atomic E-state index is 0.314. The van der Waals surface area contributed by atoms with Crippen molar-refractivity contribution >= 4 is 17.5 Å². The molecule has 0 fully saturated rings. The highest BCUT2D eigenvalue weighted by Gasteiger charge is 2.14. The van der Waals surface area contributed by atoms with Crippen LogP contribution in [0.3, 0.4) is 0 Å². The topological polar surface area (TPSA) is 80.0 Å². The van der Waals surface area contributed by atoms with E-state index in [1.807, 2.05) is 19.9 Å². The second-order valence-electron chi connectivity index (χ2n) is 4.54. The van der Waals surface area contributed by atoms with E-state index >= 15 is 0 Å². The van der Waals surface area contributed by atoms with Crippen LogP contribution in [0.25, 0.3) is 0 Å². The van der Waals surface area contributed by atoms with E-state index in [1.54, 1.807) is 12.3 Å². The number of aryl methyl sites for hydroxylation is 1. The van der Waals surface area contributed by atoms with Crippen LogP contribution in [0.5, 0.6) is 0 Å². The Kier molecular flexibility index (Phi) is 4.34. The molecule has 20 heavy (non-hydrogen) atoms. The molecule has 0 bridgehead atoms. The molecule has 2 aromatic rings. The summed E-state index contributed by atoms with van der Waals surface area (Å²) in [6, 6.07) is 3.50. The van der Waals surface area contributed by atoms with Crippen molar-refractivity contribution < 1.29 is 9.32 Å². The van der Waals surface area contributed by atoms with Crippen LogP contribution in [0.15, 0.2) is 22.9 Å². The van der Waals surface area contributed by atoms with E-state index < -0.39 is 0 Å². The van der Waals surface area contributed by atoms with Crippen molar-refractivity contribution in [1.29, 1.82) is 0 Å². The molecular formula is C14H18N4O2. The monoisotopic (exact) mass is 274 g/mol. The molecule has 0 aromatic carbocycles. The highest BCUT2D eigenvalue weighted by atomic mass is 16.5. The van der Waals surface area contributed by atoms with Crippen LogP contribution in [-0.2, 0) is 0 Å². The summed E-state index contributed by atoms with van der Waals surface area (Å²) >= 11 is 0. The summed E-state index contributed by atoms with van der Waals surface area (Å²) in [4.78, 5) is 16.1. The van der Waals surface area contributed by atoms with Crippen molar-refractivity contribution in [3.8, 4) is 0 Å². The number of aromatic nitrogens is 2.